The maximum atomic E-state index is 14.8. The largest absolute Gasteiger partial charge is 0.488 e. The number of nitrogens with zero attached hydrogens (tertiary/aromatic N) is 4. The number of alkyl halides is 7. The number of aromatic amines is 1. The van der Waals surface area contributed by atoms with Gasteiger partial charge in [0.15, 0.2) is 17.1 Å². The summed E-state index contributed by atoms with van der Waals surface area (Å²) in [5.41, 5.74) is -5.35. The van der Waals surface area contributed by atoms with Gasteiger partial charge in [0.1, 0.15) is 12.0 Å². The first-order valence-corrected chi connectivity index (χ1v) is 11.3. The lowest BCUT2D eigenvalue weighted by Crippen LogP contribution is -2.29. The Labute approximate surface area is 218 Å². The molecule has 0 bridgehead atoms. The Morgan fingerprint density at radius 1 is 1.02 bits per heavy atom. The zero-order valence-corrected chi connectivity index (χ0v) is 20.1. The van der Waals surface area contributed by atoms with Gasteiger partial charge in [-0.15, -0.1) is 0 Å². The van der Waals surface area contributed by atoms with Gasteiger partial charge in [-0.1, -0.05) is 0 Å². The number of ether oxygens (including phenoxy) is 1. The van der Waals surface area contributed by atoms with E-state index in [1.165, 1.54) is 19.2 Å². The van der Waals surface area contributed by atoms with Gasteiger partial charge >= 0.3 is 12.4 Å². The Morgan fingerprint density at radius 3 is 2.33 bits per heavy atom. The highest BCUT2D eigenvalue weighted by atomic mass is 19.4. The summed E-state index contributed by atoms with van der Waals surface area (Å²) in [5, 5.41) is 4.91. The number of nitrogens with one attached hydrogen (secondary N) is 1. The van der Waals surface area contributed by atoms with Crippen LogP contribution in [0.5, 0.6) is 5.75 Å². The number of halogens is 8. The van der Waals surface area contributed by atoms with Gasteiger partial charge in [-0.2, -0.15) is 31.4 Å². The lowest BCUT2D eigenvalue weighted by atomic mass is 10.1. The molecule has 3 heterocycles. The van der Waals surface area contributed by atoms with Crippen LogP contribution in [0.25, 0.3) is 22.2 Å². The lowest BCUT2D eigenvalue weighted by molar-refractivity contribution is -0.140. The highest BCUT2D eigenvalue weighted by molar-refractivity contribution is 5.85. The Hall–Kier alpha value is -4.37. The molecule has 16 heteroatoms. The Morgan fingerprint density at radius 2 is 1.70 bits per heavy atom. The molecule has 3 aromatic heterocycles. The van der Waals surface area contributed by atoms with Gasteiger partial charge in [0.25, 0.3) is 11.1 Å². The first kappa shape index (κ1) is 28.6. The summed E-state index contributed by atoms with van der Waals surface area (Å²) in [4.78, 5) is 31.5. The predicted molar refractivity (Wildman–Crippen MR) is 124 cm³/mol. The molecule has 0 aliphatic rings. The average Bonchev–Trinajstić information content (AvgIpc) is 2.84. The van der Waals surface area contributed by atoms with Crippen LogP contribution in [0.15, 0.2) is 52.6 Å². The number of pyridine rings is 1. The smallest absolute Gasteiger partial charge is 0.425 e. The minimum Gasteiger partial charge on any atom is -0.488 e. The molecule has 0 amide bonds. The number of H-pyrrole nitrogens is 1. The van der Waals surface area contributed by atoms with Gasteiger partial charge in [-0.25, -0.2) is 23.8 Å². The second kappa shape index (κ2) is 10.7. The molecule has 0 aliphatic heterocycles. The van der Waals surface area contributed by atoms with Crippen molar-refractivity contribution in [2.24, 2.45) is 0 Å². The van der Waals surface area contributed by atoms with E-state index in [0.29, 0.717) is 18.6 Å². The van der Waals surface area contributed by atoms with Crippen molar-refractivity contribution in [1.82, 2.24) is 24.7 Å². The molecule has 0 saturated carbocycles. The van der Waals surface area contributed by atoms with E-state index in [2.05, 4.69) is 15.1 Å². The van der Waals surface area contributed by atoms with Crippen molar-refractivity contribution < 1.29 is 39.9 Å². The summed E-state index contributed by atoms with van der Waals surface area (Å²) in [5.74, 6) is -2.24. The number of hydrogen-bond donors (Lipinski definition) is 1. The lowest BCUT2D eigenvalue weighted by Gasteiger charge is -2.19. The number of aromatic nitrogens is 5. The number of hydrogen-bond acceptors (Lipinski definition) is 6. The third kappa shape index (κ3) is 6.10. The summed E-state index contributed by atoms with van der Waals surface area (Å²) >= 11 is 0. The molecule has 0 fully saturated rings. The van der Waals surface area contributed by atoms with Gasteiger partial charge in [0.2, 0.25) is 0 Å². The summed E-state index contributed by atoms with van der Waals surface area (Å²) in [6, 6.07) is 3.33. The van der Waals surface area contributed by atoms with E-state index < -0.39 is 71.4 Å². The molecule has 212 valence electrons. The van der Waals surface area contributed by atoms with Crippen LogP contribution in [0.4, 0.5) is 35.1 Å². The summed E-state index contributed by atoms with van der Waals surface area (Å²) in [6.07, 6.45) is -10.4. The monoisotopic (exact) mass is 575 g/mol. The molecule has 40 heavy (non-hydrogen) atoms. The third-order valence-corrected chi connectivity index (χ3v) is 5.70. The fourth-order valence-electron chi connectivity index (χ4n) is 3.89. The SMILES string of the molecule is C[C@@H](CC(F)Cn1ccc2cc(-c3ncc(C(F)(F)F)cn3)c(F)cc2c1=O)Oc1cn[nH]c(=O)c1C(F)(F)F. The molecule has 1 N–H and O–H groups in total. The van der Waals surface area contributed by atoms with E-state index in [1.807, 2.05) is 0 Å². The van der Waals surface area contributed by atoms with Crippen molar-refractivity contribution in [2.45, 2.75) is 44.5 Å². The van der Waals surface area contributed by atoms with Gasteiger partial charge in [0, 0.05) is 25.0 Å². The van der Waals surface area contributed by atoms with Gasteiger partial charge in [0.05, 0.1) is 35.4 Å². The first-order valence-electron chi connectivity index (χ1n) is 11.3. The van der Waals surface area contributed by atoms with Crippen LogP contribution in [0.3, 0.4) is 0 Å². The fraction of sp³-hybridized carbons (Fsp3) is 0.292. The van der Waals surface area contributed by atoms with Gasteiger partial charge in [-0.05, 0) is 30.5 Å². The van der Waals surface area contributed by atoms with Crippen LogP contribution >= 0.6 is 0 Å². The maximum Gasteiger partial charge on any atom is 0.425 e. The minimum atomic E-state index is -5.05. The molecule has 1 unspecified atom stereocenters. The van der Waals surface area contributed by atoms with E-state index in [1.54, 1.807) is 5.10 Å². The zero-order valence-electron chi connectivity index (χ0n) is 20.1. The number of benzene rings is 1. The van der Waals surface area contributed by atoms with Crippen LogP contribution in [-0.2, 0) is 18.9 Å². The Balaban J connectivity index is 1.51. The number of fused-ring (bicyclic) bond motifs is 1. The molecular formula is C24H17F8N5O3. The van der Waals surface area contributed by atoms with Crippen molar-refractivity contribution in [3.63, 3.8) is 0 Å². The second-order valence-corrected chi connectivity index (χ2v) is 8.68. The first-order chi connectivity index (χ1) is 18.6. The standard InChI is InChI=1S/C24H17F8N5O3/c1-11(40-18-9-35-36-21(38)19(18)24(30,31)32)4-14(25)10-37-3-2-12-5-16(17(26)6-15(12)22(37)39)20-33-7-13(8-34-20)23(27,28)29/h2-3,5-9,11,14H,4,10H2,1H3,(H,36,38)/t11-,14?/m0/s1. The highest BCUT2D eigenvalue weighted by Crippen LogP contribution is 2.33. The van der Waals surface area contributed by atoms with Gasteiger partial charge < -0.3 is 9.30 Å². The van der Waals surface area contributed by atoms with Crippen molar-refractivity contribution in [2.75, 3.05) is 0 Å². The second-order valence-electron chi connectivity index (χ2n) is 8.68. The molecular weight excluding hydrogens is 558 g/mol. The summed E-state index contributed by atoms with van der Waals surface area (Å²) in [7, 11) is 0. The molecule has 8 nitrogen and oxygen atoms in total. The van der Waals surface area contributed by atoms with Crippen LogP contribution in [0, 0.1) is 5.82 Å². The normalized spacial score (nSPS) is 13.8. The van der Waals surface area contributed by atoms with E-state index in [4.69, 9.17) is 4.74 Å². The molecule has 4 aromatic rings. The molecule has 4 rings (SSSR count). The molecule has 0 saturated heterocycles. The molecule has 0 spiro atoms. The predicted octanol–water partition coefficient (Wildman–Crippen LogP) is 4.91. The van der Waals surface area contributed by atoms with E-state index in [9.17, 15) is 44.7 Å². The fourth-order valence-corrected chi connectivity index (χ4v) is 3.89. The molecule has 0 radical (unpaired) electrons. The van der Waals surface area contributed by atoms with Crippen molar-refractivity contribution in [3.05, 3.63) is 80.6 Å². The highest BCUT2D eigenvalue weighted by Gasteiger charge is 2.38. The molecule has 0 aliphatic carbocycles. The van der Waals surface area contributed by atoms with Crippen LogP contribution in [-0.4, -0.2) is 37.0 Å². The minimum absolute atomic E-state index is 0.170. The Bertz CT molecular complexity index is 1650. The van der Waals surface area contributed by atoms with E-state index in [0.717, 1.165) is 16.7 Å². The molecule has 1 aromatic carbocycles. The van der Waals surface area contributed by atoms with Crippen molar-refractivity contribution >= 4 is 10.8 Å². The van der Waals surface area contributed by atoms with E-state index >= 15 is 0 Å². The van der Waals surface area contributed by atoms with Gasteiger partial charge in [-0.3, -0.25) is 9.59 Å². The zero-order chi connectivity index (χ0) is 29.4. The van der Waals surface area contributed by atoms with Crippen LogP contribution in [0.1, 0.15) is 24.5 Å². The van der Waals surface area contributed by atoms with E-state index in [-0.39, 0.29) is 22.2 Å². The quantitative estimate of drug-likeness (QED) is 0.314. The average molecular weight is 575 g/mol. The molecule has 2 atom stereocenters. The maximum absolute atomic E-state index is 14.8. The van der Waals surface area contributed by atoms with Crippen molar-refractivity contribution in [3.8, 4) is 17.1 Å². The number of rotatable bonds is 7. The summed E-state index contributed by atoms with van der Waals surface area (Å²) < 4.78 is 113. The van der Waals surface area contributed by atoms with Crippen LogP contribution < -0.4 is 15.9 Å². The topological polar surface area (TPSA) is 103 Å². The van der Waals surface area contributed by atoms with Crippen molar-refractivity contribution in [1.29, 1.82) is 0 Å². The summed E-state index contributed by atoms with van der Waals surface area (Å²) in [6.45, 7) is 0.699. The Kier molecular flexibility index (Phi) is 7.63. The van der Waals surface area contributed by atoms with Crippen LogP contribution in [0.2, 0.25) is 0 Å². The third-order valence-electron chi connectivity index (χ3n) is 5.70.